The Hall–Kier alpha value is -3.63. The third kappa shape index (κ3) is 5.77. The average molecular weight is 634 g/mol. The first-order valence-corrected chi connectivity index (χ1v) is 14.6. The van der Waals surface area contributed by atoms with Gasteiger partial charge in [0.25, 0.3) is 5.91 Å². The van der Waals surface area contributed by atoms with Gasteiger partial charge in [0.05, 0.1) is 22.8 Å². The molecule has 5 rings (SSSR count). The van der Waals surface area contributed by atoms with Gasteiger partial charge in [-0.25, -0.2) is 9.18 Å². The topological polar surface area (TPSA) is 76.1 Å². The SMILES string of the molecule is Cc1cc2c(c(-c3cc(F)c4c(c3C)CCCO4)c1[C@H](OC(C)(C)C)C(=O)O)CCN2C(=O)c1ccc(Cl)c(C(F)(F)F)c1. The van der Waals surface area contributed by atoms with Gasteiger partial charge in [-0.3, -0.25) is 4.79 Å². The molecule has 1 amide bonds. The lowest BCUT2D eigenvalue weighted by atomic mass is 9.83. The van der Waals surface area contributed by atoms with Crippen LogP contribution in [0.4, 0.5) is 23.2 Å². The Morgan fingerprint density at radius 3 is 2.41 bits per heavy atom. The van der Waals surface area contributed by atoms with Crippen LogP contribution in [-0.4, -0.2) is 35.7 Å². The van der Waals surface area contributed by atoms with Gasteiger partial charge in [-0.2, -0.15) is 13.2 Å². The van der Waals surface area contributed by atoms with E-state index in [-0.39, 0.29) is 24.3 Å². The van der Waals surface area contributed by atoms with Gasteiger partial charge < -0.3 is 19.5 Å². The number of aryl methyl sites for hydroxylation is 1. The van der Waals surface area contributed by atoms with E-state index in [0.29, 0.717) is 64.1 Å². The van der Waals surface area contributed by atoms with E-state index in [1.165, 1.54) is 17.0 Å². The number of amides is 1. The number of carboxylic acid groups (broad SMARTS) is 1. The number of carboxylic acids is 1. The molecule has 2 aliphatic rings. The molecular weight excluding hydrogens is 602 g/mol. The predicted octanol–water partition coefficient (Wildman–Crippen LogP) is 8.25. The van der Waals surface area contributed by atoms with Gasteiger partial charge in [0.1, 0.15) is 0 Å². The third-order valence-corrected chi connectivity index (χ3v) is 8.29. The van der Waals surface area contributed by atoms with Crippen LogP contribution in [0.25, 0.3) is 11.1 Å². The number of fused-ring (bicyclic) bond motifs is 2. The number of rotatable bonds is 5. The highest BCUT2D eigenvalue weighted by atomic mass is 35.5. The largest absolute Gasteiger partial charge is 0.490 e. The number of carbonyl (C=O) groups excluding carboxylic acids is 1. The highest BCUT2D eigenvalue weighted by Crippen LogP contribution is 2.48. The van der Waals surface area contributed by atoms with E-state index in [0.717, 1.165) is 12.1 Å². The molecule has 11 heteroatoms. The number of halogens is 5. The smallest absolute Gasteiger partial charge is 0.417 e. The molecular formula is C33H32ClF4NO5. The number of carbonyl (C=O) groups is 2. The molecule has 2 aliphatic heterocycles. The molecule has 2 heterocycles. The van der Waals surface area contributed by atoms with Crippen molar-refractivity contribution in [2.75, 3.05) is 18.1 Å². The lowest BCUT2D eigenvalue weighted by Crippen LogP contribution is -2.30. The van der Waals surface area contributed by atoms with Crippen LogP contribution >= 0.6 is 11.6 Å². The first-order valence-electron chi connectivity index (χ1n) is 14.2. The Bertz CT molecular complexity index is 1680. The maximum atomic E-state index is 15.6. The van der Waals surface area contributed by atoms with Gasteiger partial charge in [-0.05, 0) is 112 Å². The van der Waals surface area contributed by atoms with Crippen molar-refractivity contribution < 1.29 is 41.7 Å². The number of nitrogens with zero attached hydrogens (tertiary/aromatic N) is 1. The van der Waals surface area contributed by atoms with E-state index in [9.17, 15) is 27.9 Å². The summed E-state index contributed by atoms with van der Waals surface area (Å²) in [5.74, 6) is -2.33. The molecule has 0 saturated carbocycles. The van der Waals surface area contributed by atoms with E-state index in [2.05, 4.69) is 0 Å². The summed E-state index contributed by atoms with van der Waals surface area (Å²) in [6, 6.07) is 5.98. The quantitative estimate of drug-likeness (QED) is 0.286. The van der Waals surface area contributed by atoms with Crippen LogP contribution in [0, 0.1) is 19.7 Å². The van der Waals surface area contributed by atoms with Gasteiger partial charge in [0.15, 0.2) is 17.7 Å². The van der Waals surface area contributed by atoms with E-state index < -0.39 is 46.2 Å². The zero-order chi connectivity index (χ0) is 32.3. The number of hydrogen-bond acceptors (Lipinski definition) is 4. The van der Waals surface area contributed by atoms with Crippen LogP contribution in [0.2, 0.25) is 5.02 Å². The number of alkyl halides is 3. The number of hydrogen-bond donors (Lipinski definition) is 1. The molecule has 1 N–H and O–H groups in total. The minimum absolute atomic E-state index is 0.113. The molecule has 1 atom stereocenters. The number of benzene rings is 3. The summed E-state index contributed by atoms with van der Waals surface area (Å²) < 4.78 is 68.0. The van der Waals surface area contributed by atoms with Crippen molar-refractivity contribution in [3.8, 4) is 16.9 Å². The summed E-state index contributed by atoms with van der Waals surface area (Å²) in [5, 5.41) is 9.84. The van der Waals surface area contributed by atoms with E-state index >= 15 is 4.39 Å². The summed E-state index contributed by atoms with van der Waals surface area (Å²) in [6.07, 6.45) is -4.69. The fourth-order valence-electron chi connectivity index (χ4n) is 6.09. The molecule has 0 unspecified atom stereocenters. The molecule has 44 heavy (non-hydrogen) atoms. The second-order valence-corrected chi connectivity index (χ2v) is 12.5. The molecule has 0 saturated heterocycles. The minimum Gasteiger partial charge on any atom is -0.490 e. The number of aliphatic carboxylic acids is 1. The summed E-state index contributed by atoms with van der Waals surface area (Å²) >= 11 is 5.79. The summed E-state index contributed by atoms with van der Waals surface area (Å²) in [4.78, 5) is 27.8. The summed E-state index contributed by atoms with van der Waals surface area (Å²) in [7, 11) is 0. The molecule has 0 bridgehead atoms. The van der Waals surface area contributed by atoms with Gasteiger partial charge in [0.2, 0.25) is 0 Å². The molecule has 0 radical (unpaired) electrons. The van der Waals surface area contributed by atoms with Crippen molar-refractivity contribution in [2.45, 2.75) is 71.8 Å². The normalized spacial score (nSPS) is 15.5. The standard InChI is InChI=1S/C33H32ClF4NO5/c1-16-13-25-20(10-11-39(25)30(40)18-8-9-23(34)22(14-18)33(36,37)38)27(26(16)29(31(41)42)44-32(3,4)5)21-15-24(35)28-19(17(21)2)7-6-12-43-28/h8-9,13-15,29H,6-7,10-12H2,1-5H3,(H,41,42)/t29-/m0/s1. The van der Waals surface area contributed by atoms with Crippen LogP contribution in [0.15, 0.2) is 30.3 Å². The van der Waals surface area contributed by atoms with E-state index in [1.54, 1.807) is 33.8 Å². The Morgan fingerprint density at radius 1 is 1.07 bits per heavy atom. The highest BCUT2D eigenvalue weighted by molar-refractivity contribution is 6.31. The molecule has 0 aliphatic carbocycles. The molecule has 3 aromatic carbocycles. The van der Waals surface area contributed by atoms with Gasteiger partial charge in [0, 0.05) is 28.9 Å². The lowest BCUT2D eigenvalue weighted by molar-refractivity contribution is -0.160. The van der Waals surface area contributed by atoms with Crippen LogP contribution in [-0.2, 0) is 28.5 Å². The fraction of sp³-hybridized carbons (Fsp3) is 0.394. The van der Waals surface area contributed by atoms with Gasteiger partial charge >= 0.3 is 12.1 Å². The maximum Gasteiger partial charge on any atom is 0.417 e. The summed E-state index contributed by atoms with van der Waals surface area (Å²) in [5.41, 5.74) is 1.87. The zero-order valence-corrected chi connectivity index (χ0v) is 25.7. The minimum atomic E-state index is -4.76. The fourth-order valence-corrected chi connectivity index (χ4v) is 6.31. The van der Waals surface area contributed by atoms with Crippen LogP contribution < -0.4 is 9.64 Å². The van der Waals surface area contributed by atoms with Gasteiger partial charge in [-0.15, -0.1) is 0 Å². The number of ether oxygens (including phenoxy) is 2. The molecule has 0 spiro atoms. The van der Waals surface area contributed by atoms with Crippen molar-refractivity contribution in [1.29, 1.82) is 0 Å². The van der Waals surface area contributed by atoms with Crippen molar-refractivity contribution in [1.82, 2.24) is 0 Å². The molecule has 3 aromatic rings. The lowest BCUT2D eigenvalue weighted by Gasteiger charge is -2.30. The van der Waals surface area contributed by atoms with Crippen molar-refractivity contribution in [2.24, 2.45) is 0 Å². The van der Waals surface area contributed by atoms with E-state index in [4.69, 9.17) is 21.1 Å². The molecule has 234 valence electrons. The molecule has 0 fully saturated rings. The van der Waals surface area contributed by atoms with E-state index in [1.807, 2.05) is 6.92 Å². The monoisotopic (exact) mass is 633 g/mol. The highest BCUT2D eigenvalue weighted by Gasteiger charge is 2.38. The van der Waals surface area contributed by atoms with Crippen LogP contribution in [0.5, 0.6) is 5.75 Å². The average Bonchev–Trinajstić information content (AvgIpc) is 3.35. The molecule has 6 nitrogen and oxygen atoms in total. The van der Waals surface area contributed by atoms with Crippen molar-refractivity contribution in [3.05, 3.63) is 80.1 Å². The van der Waals surface area contributed by atoms with Crippen LogP contribution in [0.1, 0.15) is 77.0 Å². The Morgan fingerprint density at radius 2 is 1.77 bits per heavy atom. The summed E-state index contributed by atoms with van der Waals surface area (Å²) in [6.45, 7) is 9.19. The second-order valence-electron chi connectivity index (χ2n) is 12.1. The second kappa shape index (κ2) is 11.4. The molecule has 0 aromatic heterocycles. The van der Waals surface area contributed by atoms with Gasteiger partial charge in [-0.1, -0.05) is 11.6 Å². The first kappa shape index (κ1) is 31.8. The first-order chi connectivity index (χ1) is 20.5. The third-order valence-electron chi connectivity index (χ3n) is 7.96. The van der Waals surface area contributed by atoms with Crippen molar-refractivity contribution >= 4 is 29.2 Å². The Kier molecular flexibility index (Phi) is 8.22. The predicted molar refractivity (Wildman–Crippen MR) is 158 cm³/mol. The zero-order valence-electron chi connectivity index (χ0n) is 24.9. The van der Waals surface area contributed by atoms with Crippen LogP contribution in [0.3, 0.4) is 0 Å². The Labute approximate surface area is 257 Å². The number of anilines is 1. The maximum absolute atomic E-state index is 15.6. The van der Waals surface area contributed by atoms with Crippen molar-refractivity contribution in [3.63, 3.8) is 0 Å². The Balaban J connectivity index is 1.75.